The first-order valence-corrected chi connectivity index (χ1v) is 15.1. The second-order valence-corrected chi connectivity index (χ2v) is 11.7. The summed E-state index contributed by atoms with van der Waals surface area (Å²) < 4.78 is 39.4. The minimum atomic E-state index is -4.56. The predicted molar refractivity (Wildman–Crippen MR) is 170 cm³/mol. The number of hydrogen-bond donors (Lipinski definition) is 2. The van der Waals surface area contributed by atoms with Crippen molar-refractivity contribution in [1.82, 2.24) is 19.8 Å². The lowest BCUT2D eigenvalue weighted by molar-refractivity contribution is -0.137. The predicted octanol–water partition coefficient (Wildman–Crippen LogP) is 5.75. The van der Waals surface area contributed by atoms with Crippen LogP contribution in [-0.2, 0) is 19.1 Å². The van der Waals surface area contributed by atoms with Gasteiger partial charge in [-0.15, -0.1) is 0 Å². The number of amides is 2. The maximum absolute atomic E-state index is 13.6. The number of carbonyl (C=O) groups excluding carboxylic acids is 2. The molecule has 12 heteroatoms. The van der Waals surface area contributed by atoms with Crippen molar-refractivity contribution in [1.29, 1.82) is 0 Å². The molecule has 3 aromatic carbocycles. The first-order chi connectivity index (χ1) is 22.0. The van der Waals surface area contributed by atoms with Gasteiger partial charge >= 0.3 is 6.18 Å². The first-order valence-electron chi connectivity index (χ1n) is 15.1. The van der Waals surface area contributed by atoms with Crippen LogP contribution >= 0.6 is 0 Å². The summed E-state index contributed by atoms with van der Waals surface area (Å²) in [6.07, 6.45) is -2.55. The minimum Gasteiger partial charge on any atom is -0.324 e. The lowest BCUT2D eigenvalue weighted by atomic mass is 10.0. The number of rotatable bonds is 7. The maximum Gasteiger partial charge on any atom is 0.416 e. The molecule has 238 valence electrons. The molecule has 1 aromatic heterocycles. The quantitative estimate of drug-likeness (QED) is 0.269. The molecule has 0 saturated carbocycles. The lowest BCUT2D eigenvalue weighted by Gasteiger charge is -2.32. The van der Waals surface area contributed by atoms with Crippen LogP contribution in [0.1, 0.15) is 43.1 Å². The highest BCUT2D eigenvalue weighted by Gasteiger charge is 2.31. The zero-order chi connectivity index (χ0) is 32.4. The van der Waals surface area contributed by atoms with Crippen LogP contribution in [0.15, 0.2) is 72.9 Å². The average Bonchev–Trinajstić information content (AvgIpc) is 3.04. The van der Waals surface area contributed by atoms with Gasteiger partial charge in [0.05, 0.1) is 16.8 Å². The summed E-state index contributed by atoms with van der Waals surface area (Å²) in [4.78, 5) is 41.8. The molecule has 1 fully saturated rings. The summed E-state index contributed by atoms with van der Waals surface area (Å²) in [5.74, 6) is -0.554. The highest BCUT2D eigenvalue weighted by Crippen LogP contribution is 2.31. The molecule has 2 aliphatic rings. The Labute approximate surface area is 265 Å². The molecule has 0 spiro atoms. The fourth-order valence-corrected chi connectivity index (χ4v) is 5.65. The number of aryl methyl sites for hydroxylation is 1. The fraction of sp³-hybridized carbons (Fsp3) is 0.294. The highest BCUT2D eigenvalue weighted by molar-refractivity contribution is 6.09. The van der Waals surface area contributed by atoms with Crippen molar-refractivity contribution < 1.29 is 22.8 Å². The number of aromatic nitrogens is 2. The number of carbonyl (C=O) groups is 2. The van der Waals surface area contributed by atoms with E-state index in [0.29, 0.717) is 41.5 Å². The number of likely N-dealkylation sites (N-methyl/N-ethyl adjacent to an activating group) is 1. The van der Waals surface area contributed by atoms with Gasteiger partial charge in [0.15, 0.2) is 0 Å². The smallest absolute Gasteiger partial charge is 0.324 e. The maximum atomic E-state index is 13.6. The number of nitrogens with one attached hydrogen (secondary N) is 2. The third-order valence-electron chi connectivity index (χ3n) is 8.34. The third-order valence-corrected chi connectivity index (χ3v) is 8.34. The second-order valence-electron chi connectivity index (χ2n) is 11.7. The van der Waals surface area contributed by atoms with Crippen molar-refractivity contribution in [3.63, 3.8) is 0 Å². The SMILES string of the molecule is Cc1ccc(NC(=O)c2cccc(C(F)(F)F)c2)cc1N1CCc2nc(Nc3ccc(CN4CCN(C)CC4)cc3)ncc2C1=O. The molecule has 4 aromatic rings. The molecular weight excluding hydrogens is 595 g/mol. The molecule has 0 bridgehead atoms. The van der Waals surface area contributed by atoms with Gasteiger partial charge in [-0.2, -0.15) is 13.2 Å². The summed E-state index contributed by atoms with van der Waals surface area (Å²) >= 11 is 0. The largest absolute Gasteiger partial charge is 0.416 e. The Morgan fingerprint density at radius 3 is 2.41 bits per heavy atom. The van der Waals surface area contributed by atoms with Crippen molar-refractivity contribution >= 4 is 34.8 Å². The summed E-state index contributed by atoms with van der Waals surface area (Å²) in [6.45, 7) is 7.37. The number of fused-ring (bicyclic) bond motifs is 1. The van der Waals surface area contributed by atoms with Crippen LogP contribution in [0.2, 0.25) is 0 Å². The Hall–Kier alpha value is -4.81. The van der Waals surface area contributed by atoms with Gasteiger partial charge in [-0.3, -0.25) is 14.5 Å². The second kappa shape index (κ2) is 12.9. The van der Waals surface area contributed by atoms with Crippen molar-refractivity contribution in [2.75, 3.05) is 55.3 Å². The van der Waals surface area contributed by atoms with Crippen LogP contribution in [0, 0.1) is 6.92 Å². The van der Waals surface area contributed by atoms with E-state index in [4.69, 9.17) is 0 Å². The van der Waals surface area contributed by atoms with Crippen LogP contribution in [0.5, 0.6) is 0 Å². The molecule has 2 N–H and O–H groups in total. The van der Waals surface area contributed by atoms with E-state index in [9.17, 15) is 22.8 Å². The van der Waals surface area contributed by atoms with Gasteiger partial charge in [0.1, 0.15) is 0 Å². The number of piperazine rings is 1. The van der Waals surface area contributed by atoms with E-state index in [1.165, 1.54) is 23.9 Å². The van der Waals surface area contributed by atoms with E-state index < -0.39 is 17.6 Å². The topological polar surface area (TPSA) is 93.7 Å². The van der Waals surface area contributed by atoms with Crippen LogP contribution in [0.3, 0.4) is 0 Å². The number of benzene rings is 3. The molecule has 2 amide bonds. The zero-order valence-corrected chi connectivity index (χ0v) is 25.6. The van der Waals surface area contributed by atoms with Gasteiger partial charge in [0.2, 0.25) is 5.95 Å². The Balaban J connectivity index is 1.12. The summed E-state index contributed by atoms with van der Waals surface area (Å²) in [6, 6.07) is 17.5. The van der Waals surface area contributed by atoms with E-state index >= 15 is 0 Å². The average molecular weight is 630 g/mol. The Bertz CT molecular complexity index is 1750. The lowest BCUT2D eigenvalue weighted by Crippen LogP contribution is -2.43. The van der Waals surface area contributed by atoms with Gasteiger partial charge in [-0.05, 0) is 67.6 Å². The Morgan fingerprint density at radius 1 is 0.935 bits per heavy atom. The van der Waals surface area contributed by atoms with E-state index in [1.807, 2.05) is 19.1 Å². The van der Waals surface area contributed by atoms with Crippen molar-refractivity contribution in [3.8, 4) is 0 Å². The van der Waals surface area contributed by atoms with Crippen molar-refractivity contribution in [2.24, 2.45) is 0 Å². The van der Waals surface area contributed by atoms with Crippen LogP contribution in [0.25, 0.3) is 0 Å². The molecule has 9 nitrogen and oxygen atoms in total. The van der Waals surface area contributed by atoms with Gasteiger partial charge < -0.3 is 20.4 Å². The molecule has 6 rings (SSSR count). The summed E-state index contributed by atoms with van der Waals surface area (Å²) in [5, 5.41) is 5.89. The van der Waals surface area contributed by atoms with Crippen LogP contribution in [0.4, 0.5) is 36.2 Å². The number of alkyl halides is 3. The zero-order valence-electron chi connectivity index (χ0n) is 25.6. The van der Waals surface area contributed by atoms with E-state index in [1.54, 1.807) is 23.1 Å². The molecule has 2 aliphatic heterocycles. The van der Waals surface area contributed by atoms with Gasteiger partial charge in [0.25, 0.3) is 11.8 Å². The van der Waals surface area contributed by atoms with Crippen LogP contribution < -0.4 is 15.5 Å². The standard InChI is InChI=1S/C34H34F3N7O2/c1-22-6-9-27(39-31(45)24-4-3-5-25(18-24)34(35,36)37)19-30(22)44-13-12-29-28(32(44)46)20-38-33(41-29)40-26-10-7-23(8-11-26)21-43-16-14-42(2)15-17-43/h3-11,18-20H,12-17,21H2,1-2H3,(H,39,45)(H,38,40,41). The number of halogens is 3. The summed E-state index contributed by atoms with van der Waals surface area (Å²) in [5.41, 5.74) is 3.81. The van der Waals surface area contributed by atoms with Gasteiger partial charge in [-0.1, -0.05) is 24.3 Å². The molecule has 0 unspecified atom stereocenters. The minimum absolute atomic E-state index is 0.122. The normalized spacial score (nSPS) is 15.8. The summed E-state index contributed by atoms with van der Waals surface area (Å²) in [7, 11) is 2.15. The van der Waals surface area contributed by atoms with Crippen molar-refractivity contribution in [3.05, 3.63) is 106 Å². The number of nitrogens with zero attached hydrogens (tertiary/aromatic N) is 5. The molecule has 0 aliphatic carbocycles. The fourth-order valence-electron chi connectivity index (χ4n) is 5.65. The van der Waals surface area contributed by atoms with Gasteiger partial charge in [0, 0.05) is 74.5 Å². The third kappa shape index (κ3) is 7.03. The molecule has 46 heavy (non-hydrogen) atoms. The monoisotopic (exact) mass is 629 g/mol. The Kier molecular flexibility index (Phi) is 8.74. The molecule has 1 saturated heterocycles. The molecule has 3 heterocycles. The van der Waals surface area contributed by atoms with E-state index in [2.05, 4.69) is 49.6 Å². The van der Waals surface area contributed by atoms with Crippen LogP contribution in [-0.4, -0.2) is 71.4 Å². The van der Waals surface area contributed by atoms with E-state index in [0.717, 1.165) is 56.1 Å². The molecular formula is C34H34F3N7O2. The molecule has 0 atom stereocenters. The number of anilines is 4. The first kappa shape index (κ1) is 31.2. The van der Waals surface area contributed by atoms with Gasteiger partial charge in [-0.25, -0.2) is 9.97 Å². The Morgan fingerprint density at radius 2 is 1.67 bits per heavy atom. The number of hydrogen-bond acceptors (Lipinski definition) is 7. The highest BCUT2D eigenvalue weighted by atomic mass is 19.4. The molecule has 0 radical (unpaired) electrons. The van der Waals surface area contributed by atoms with E-state index in [-0.39, 0.29) is 11.5 Å². The van der Waals surface area contributed by atoms with Crippen molar-refractivity contribution in [2.45, 2.75) is 26.1 Å².